The summed E-state index contributed by atoms with van der Waals surface area (Å²) in [4.78, 5) is 15.0. The Kier molecular flexibility index (Phi) is 1.16. The fourth-order valence-corrected chi connectivity index (χ4v) is 2.00. The zero-order chi connectivity index (χ0) is 7.03. The van der Waals surface area contributed by atoms with Crippen LogP contribution in [0.1, 0.15) is 32.1 Å². The molecule has 0 unspecified atom stereocenters. The van der Waals surface area contributed by atoms with E-state index in [4.69, 9.17) is 0 Å². The number of rotatable bonds is 0. The van der Waals surface area contributed by atoms with Crippen molar-refractivity contribution < 1.29 is 4.79 Å². The Balaban J connectivity index is 2.23. The minimum Gasteiger partial charge on any atom is -0.272 e. The van der Waals surface area contributed by atoms with E-state index in [0.717, 1.165) is 19.3 Å². The molecular weight excluding hydrogens is 126 g/mol. The van der Waals surface area contributed by atoms with Crippen LogP contribution >= 0.6 is 0 Å². The molecule has 0 radical (unpaired) electrons. The third kappa shape index (κ3) is 0.648. The molecule has 0 aromatic heterocycles. The standard InChI is InChI=1S/C8H11NO/c10-7-8(5-6-9-7)3-1-2-4-8/h6H,1-5H2. The molecule has 54 valence electrons. The topological polar surface area (TPSA) is 29.4 Å². The number of hydrogen-bond acceptors (Lipinski definition) is 1. The van der Waals surface area contributed by atoms with E-state index in [1.54, 1.807) is 6.21 Å². The summed E-state index contributed by atoms with van der Waals surface area (Å²) in [5.74, 6) is 0.144. The molecule has 2 aliphatic rings. The van der Waals surface area contributed by atoms with Gasteiger partial charge in [-0.25, -0.2) is 4.99 Å². The average molecular weight is 137 g/mol. The first-order chi connectivity index (χ1) is 4.83. The highest BCUT2D eigenvalue weighted by molar-refractivity contribution is 5.96. The second-order valence-corrected chi connectivity index (χ2v) is 3.31. The fourth-order valence-electron chi connectivity index (χ4n) is 2.00. The molecule has 2 heteroatoms. The van der Waals surface area contributed by atoms with Gasteiger partial charge in [0.25, 0.3) is 5.91 Å². The molecule has 1 spiro atoms. The molecule has 1 saturated carbocycles. The van der Waals surface area contributed by atoms with Gasteiger partial charge in [0, 0.05) is 6.21 Å². The minimum absolute atomic E-state index is 0.0139. The van der Waals surface area contributed by atoms with Gasteiger partial charge in [-0.3, -0.25) is 4.79 Å². The van der Waals surface area contributed by atoms with Gasteiger partial charge in [-0.15, -0.1) is 0 Å². The van der Waals surface area contributed by atoms with E-state index >= 15 is 0 Å². The lowest BCUT2D eigenvalue weighted by Gasteiger charge is -2.16. The maximum atomic E-state index is 11.2. The van der Waals surface area contributed by atoms with Crippen LogP contribution < -0.4 is 0 Å². The van der Waals surface area contributed by atoms with Crippen LogP contribution in [0, 0.1) is 5.41 Å². The number of nitrogens with zero attached hydrogens (tertiary/aromatic N) is 1. The summed E-state index contributed by atoms with van der Waals surface area (Å²) in [6.07, 6.45) is 7.28. The zero-order valence-corrected chi connectivity index (χ0v) is 5.97. The van der Waals surface area contributed by atoms with Crippen molar-refractivity contribution in [2.45, 2.75) is 32.1 Å². The van der Waals surface area contributed by atoms with Gasteiger partial charge >= 0.3 is 0 Å². The molecule has 10 heavy (non-hydrogen) atoms. The number of amides is 1. The highest BCUT2D eigenvalue weighted by atomic mass is 16.1. The molecule has 2 nitrogen and oxygen atoms in total. The van der Waals surface area contributed by atoms with Crippen LogP contribution in [0.5, 0.6) is 0 Å². The second-order valence-electron chi connectivity index (χ2n) is 3.31. The molecule has 0 atom stereocenters. The Hall–Kier alpha value is -0.660. The number of carbonyl (C=O) groups excluding carboxylic acids is 1. The van der Waals surface area contributed by atoms with Crippen molar-refractivity contribution in [3.05, 3.63) is 0 Å². The van der Waals surface area contributed by atoms with Gasteiger partial charge in [-0.05, 0) is 19.3 Å². The number of carbonyl (C=O) groups is 1. The van der Waals surface area contributed by atoms with Crippen molar-refractivity contribution in [2.24, 2.45) is 10.4 Å². The van der Waals surface area contributed by atoms with Crippen LogP contribution in [0.3, 0.4) is 0 Å². The first kappa shape index (κ1) is 6.08. The van der Waals surface area contributed by atoms with Crippen molar-refractivity contribution in [1.82, 2.24) is 0 Å². The molecule has 1 heterocycles. The third-order valence-corrected chi connectivity index (χ3v) is 2.70. The second kappa shape index (κ2) is 1.91. The van der Waals surface area contributed by atoms with Crippen molar-refractivity contribution in [2.75, 3.05) is 0 Å². The summed E-state index contributed by atoms with van der Waals surface area (Å²) in [7, 11) is 0. The monoisotopic (exact) mass is 137 g/mol. The summed E-state index contributed by atoms with van der Waals surface area (Å²) in [6.45, 7) is 0. The van der Waals surface area contributed by atoms with Gasteiger partial charge in [-0.2, -0.15) is 0 Å². The lowest BCUT2D eigenvalue weighted by atomic mass is 9.84. The summed E-state index contributed by atoms with van der Waals surface area (Å²) < 4.78 is 0. The van der Waals surface area contributed by atoms with Crippen LogP contribution in [-0.2, 0) is 4.79 Å². The summed E-state index contributed by atoms with van der Waals surface area (Å²) in [6, 6.07) is 0. The molecule has 1 aliphatic carbocycles. The molecular formula is C8H11NO. The van der Waals surface area contributed by atoms with Crippen LogP contribution in [0.15, 0.2) is 4.99 Å². The quantitative estimate of drug-likeness (QED) is 0.498. The van der Waals surface area contributed by atoms with E-state index in [9.17, 15) is 4.79 Å². The van der Waals surface area contributed by atoms with Gasteiger partial charge in [0.05, 0.1) is 5.41 Å². The van der Waals surface area contributed by atoms with E-state index < -0.39 is 0 Å². The maximum absolute atomic E-state index is 11.2. The largest absolute Gasteiger partial charge is 0.272 e. The Morgan fingerprint density at radius 2 is 2.10 bits per heavy atom. The van der Waals surface area contributed by atoms with E-state index in [0.29, 0.717) is 0 Å². The number of aliphatic imine (C=N–C) groups is 1. The van der Waals surface area contributed by atoms with E-state index in [-0.39, 0.29) is 11.3 Å². The molecule has 1 aliphatic heterocycles. The van der Waals surface area contributed by atoms with Crippen LogP contribution in [-0.4, -0.2) is 12.1 Å². The highest BCUT2D eigenvalue weighted by Gasteiger charge is 2.42. The molecule has 2 rings (SSSR count). The maximum Gasteiger partial charge on any atom is 0.251 e. The predicted molar refractivity (Wildman–Crippen MR) is 39.0 cm³/mol. The van der Waals surface area contributed by atoms with E-state index in [1.807, 2.05) is 0 Å². The van der Waals surface area contributed by atoms with Gasteiger partial charge in [-0.1, -0.05) is 12.8 Å². The fraction of sp³-hybridized carbons (Fsp3) is 0.750. The summed E-state index contributed by atoms with van der Waals surface area (Å²) in [5, 5.41) is 0. The molecule has 1 amide bonds. The van der Waals surface area contributed by atoms with Crippen molar-refractivity contribution in [1.29, 1.82) is 0 Å². The van der Waals surface area contributed by atoms with Gasteiger partial charge < -0.3 is 0 Å². The lowest BCUT2D eigenvalue weighted by Crippen LogP contribution is -2.21. The molecule has 0 aromatic carbocycles. The summed E-state index contributed by atoms with van der Waals surface area (Å²) >= 11 is 0. The smallest absolute Gasteiger partial charge is 0.251 e. The Bertz CT molecular complexity index is 189. The molecule has 0 bridgehead atoms. The van der Waals surface area contributed by atoms with Gasteiger partial charge in [0.15, 0.2) is 0 Å². The van der Waals surface area contributed by atoms with Crippen LogP contribution in [0.25, 0.3) is 0 Å². The first-order valence-electron chi connectivity index (χ1n) is 3.90. The zero-order valence-electron chi connectivity index (χ0n) is 5.97. The molecule has 0 N–H and O–H groups in total. The van der Waals surface area contributed by atoms with E-state index in [1.165, 1.54) is 12.8 Å². The Labute approximate surface area is 60.3 Å². The molecule has 1 fully saturated rings. The predicted octanol–water partition coefficient (Wildman–Crippen LogP) is 1.55. The Morgan fingerprint density at radius 3 is 2.60 bits per heavy atom. The lowest BCUT2D eigenvalue weighted by molar-refractivity contribution is -0.125. The van der Waals surface area contributed by atoms with Crippen molar-refractivity contribution in [3.63, 3.8) is 0 Å². The minimum atomic E-state index is -0.0139. The van der Waals surface area contributed by atoms with Crippen LogP contribution in [0.4, 0.5) is 0 Å². The number of hydrogen-bond donors (Lipinski definition) is 0. The van der Waals surface area contributed by atoms with Crippen molar-refractivity contribution in [3.8, 4) is 0 Å². The third-order valence-electron chi connectivity index (χ3n) is 2.70. The van der Waals surface area contributed by atoms with Gasteiger partial charge in [0.2, 0.25) is 0 Å². The van der Waals surface area contributed by atoms with Crippen LogP contribution in [0.2, 0.25) is 0 Å². The van der Waals surface area contributed by atoms with Gasteiger partial charge in [0.1, 0.15) is 0 Å². The SMILES string of the molecule is O=C1N=CCC12CCCC2. The molecule has 0 saturated heterocycles. The summed E-state index contributed by atoms with van der Waals surface area (Å²) in [5.41, 5.74) is -0.0139. The van der Waals surface area contributed by atoms with Crippen molar-refractivity contribution >= 4 is 12.1 Å². The average Bonchev–Trinajstić information content (AvgIpc) is 2.48. The molecule has 0 aromatic rings. The van der Waals surface area contributed by atoms with E-state index in [2.05, 4.69) is 4.99 Å². The first-order valence-corrected chi connectivity index (χ1v) is 3.90. The Morgan fingerprint density at radius 1 is 1.40 bits per heavy atom. The highest BCUT2D eigenvalue weighted by Crippen LogP contribution is 2.43. The normalized spacial score (nSPS) is 28.6.